The highest BCUT2D eigenvalue weighted by Gasteiger charge is 2.05. The van der Waals surface area contributed by atoms with Gasteiger partial charge >= 0.3 is 0 Å². The Hall–Kier alpha value is -1.56. The van der Waals surface area contributed by atoms with Crippen LogP contribution in [-0.4, -0.2) is 26.6 Å². The van der Waals surface area contributed by atoms with Gasteiger partial charge in [0, 0.05) is 31.7 Å². The van der Waals surface area contributed by atoms with Crippen molar-refractivity contribution in [3.63, 3.8) is 0 Å². The normalized spacial score (nSPS) is 10.3. The predicted molar refractivity (Wildman–Crippen MR) is 55.9 cm³/mol. The molecule has 0 saturated carbocycles. The summed E-state index contributed by atoms with van der Waals surface area (Å²) in [5.41, 5.74) is 0. The molecule has 0 atom stereocenters. The molecule has 0 amide bonds. The SMILES string of the molecule is COc1ccnc(Sc2nccn2C)n1. The van der Waals surface area contributed by atoms with Crippen molar-refractivity contribution in [3.05, 3.63) is 24.7 Å². The second-order valence-corrected chi connectivity index (χ2v) is 3.74. The summed E-state index contributed by atoms with van der Waals surface area (Å²) in [5, 5.41) is 1.48. The van der Waals surface area contributed by atoms with E-state index >= 15 is 0 Å². The van der Waals surface area contributed by atoms with Gasteiger partial charge in [-0.3, -0.25) is 0 Å². The van der Waals surface area contributed by atoms with Gasteiger partial charge in [-0.05, 0) is 11.8 Å². The molecule has 15 heavy (non-hydrogen) atoms. The van der Waals surface area contributed by atoms with Crippen molar-refractivity contribution in [2.24, 2.45) is 7.05 Å². The Balaban J connectivity index is 2.21. The molecule has 0 aromatic carbocycles. The van der Waals surface area contributed by atoms with E-state index in [0.717, 1.165) is 5.16 Å². The van der Waals surface area contributed by atoms with Crippen LogP contribution in [0.3, 0.4) is 0 Å². The molecular formula is C9H10N4OS. The Bertz CT molecular complexity index is 457. The molecule has 0 aliphatic heterocycles. The van der Waals surface area contributed by atoms with E-state index in [1.807, 2.05) is 17.8 Å². The van der Waals surface area contributed by atoms with Crippen molar-refractivity contribution in [3.8, 4) is 5.88 Å². The number of hydrogen-bond acceptors (Lipinski definition) is 5. The lowest BCUT2D eigenvalue weighted by molar-refractivity contribution is 0.392. The summed E-state index contributed by atoms with van der Waals surface area (Å²) < 4.78 is 6.92. The van der Waals surface area contributed by atoms with E-state index in [9.17, 15) is 0 Å². The standard InChI is InChI=1S/C9H10N4OS/c1-13-6-5-11-9(13)15-8-10-4-3-7(12-8)14-2/h3-6H,1-2H3. The minimum atomic E-state index is 0.557. The zero-order valence-electron chi connectivity index (χ0n) is 8.41. The highest BCUT2D eigenvalue weighted by molar-refractivity contribution is 7.99. The van der Waals surface area contributed by atoms with Gasteiger partial charge < -0.3 is 9.30 Å². The Kier molecular flexibility index (Phi) is 2.86. The zero-order chi connectivity index (χ0) is 10.7. The number of nitrogens with zero attached hydrogens (tertiary/aromatic N) is 4. The molecule has 0 fully saturated rings. The molecular weight excluding hydrogens is 212 g/mol. The number of rotatable bonds is 3. The van der Waals surface area contributed by atoms with Crippen LogP contribution < -0.4 is 4.74 Å². The minimum Gasteiger partial charge on any atom is -0.481 e. The molecule has 5 nitrogen and oxygen atoms in total. The van der Waals surface area contributed by atoms with E-state index in [2.05, 4.69) is 15.0 Å². The van der Waals surface area contributed by atoms with Crippen molar-refractivity contribution in [1.82, 2.24) is 19.5 Å². The maximum Gasteiger partial charge on any atom is 0.217 e. The highest BCUT2D eigenvalue weighted by atomic mass is 32.2. The van der Waals surface area contributed by atoms with Crippen molar-refractivity contribution in [1.29, 1.82) is 0 Å². The summed E-state index contributed by atoms with van der Waals surface area (Å²) in [7, 11) is 3.51. The molecule has 2 heterocycles. The fourth-order valence-electron chi connectivity index (χ4n) is 1.02. The van der Waals surface area contributed by atoms with Crippen LogP contribution in [0.25, 0.3) is 0 Å². The molecule has 2 aromatic heterocycles. The number of aromatic nitrogens is 4. The molecule has 6 heteroatoms. The summed E-state index contributed by atoms with van der Waals surface area (Å²) in [6, 6.07) is 1.71. The highest BCUT2D eigenvalue weighted by Crippen LogP contribution is 2.22. The van der Waals surface area contributed by atoms with Crippen LogP contribution in [0.2, 0.25) is 0 Å². The average Bonchev–Trinajstić information content (AvgIpc) is 2.65. The minimum absolute atomic E-state index is 0.557. The van der Waals surface area contributed by atoms with Crippen LogP contribution >= 0.6 is 11.8 Å². The van der Waals surface area contributed by atoms with E-state index in [1.165, 1.54) is 11.8 Å². The lowest BCUT2D eigenvalue weighted by atomic mass is 10.6. The van der Waals surface area contributed by atoms with E-state index in [1.54, 1.807) is 25.6 Å². The van der Waals surface area contributed by atoms with Crippen molar-refractivity contribution < 1.29 is 4.74 Å². The first kappa shape index (κ1) is 9.97. The third kappa shape index (κ3) is 2.27. The molecule has 0 bridgehead atoms. The molecule has 0 unspecified atom stereocenters. The van der Waals surface area contributed by atoms with E-state index in [4.69, 9.17) is 4.74 Å². The van der Waals surface area contributed by atoms with Crippen molar-refractivity contribution in [2.75, 3.05) is 7.11 Å². The van der Waals surface area contributed by atoms with Crippen LogP contribution in [0.5, 0.6) is 5.88 Å². The summed E-state index contributed by atoms with van der Waals surface area (Å²) in [5.74, 6) is 0.557. The largest absolute Gasteiger partial charge is 0.481 e. The van der Waals surface area contributed by atoms with Crippen LogP contribution in [-0.2, 0) is 7.05 Å². The first-order chi connectivity index (χ1) is 7.29. The van der Waals surface area contributed by atoms with Gasteiger partial charge in [0.15, 0.2) is 10.3 Å². The Morgan fingerprint density at radius 3 is 2.87 bits per heavy atom. The molecule has 0 aliphatic carbocycles. The van der Waals surface area contributed by atoms with Gasteiger partial charge in [0.05, 0.1) is 7.11 Å². The molecule has 0 aliphatic rings. The first-order valence-corrected chi connectivity index (χ1v) is 5.13. The number of imidazole rings is 1. The number of aryl methyl sites for hydroxylation is 1. The monoisotopic (exact) mass is 222 g/mol. The summed E-state index contributed by atoms with van der Waals surface area (Å²) in [6.07, 6.45) is 5.28. The fourth-order valence-corrected chi connectivity index (χ4v) is 1.75. The van der Waals surface area contributed by atoms with Crippen LogP contribution in [0.1, 0.15) is 0 Å². The summed E-state index contributed by atoms with van der Waals surface area (Å²) in [6.45, 7) is 0. The van der Waals surface area contributed by atoms with Gasteiger partial charge in [0.1, 0.15) is 0 Å². The molecule has 0 spiro atoms. The van der Waals surface area contributed by atoms with Gasteiger partial charge in [-0.15, -0.1) is 0 Å². The van der Waals surface area contributed by atoms with Crippen molar-refractivity contribution in [2.45, 2.75) is 10.3 Å². The molecule has 2 aromatic rings. The Morgan fingerprint density at radius 2 is 2.20 bits per heavy atom. The van der Waals surface area contributed by atoms with Crippen LogP contribution in [0.15, 0.2) is 35.0 Å². The second-order valence-electron chi connectivity index (χ2n) is 2.80. The van der Waals surface area contributed by atoms with Crippen molar-refractivity contribution >= 4 is 11.8 Å². The molecule has 0 N–H and O–H groups in total. The Labute approximate surface area is 91.5 Å². The Morgan fingerprint density at radius 1 is 1.33 bits per heavy atom. The average molecular weight is 222 g/mol. The molecule has 0 radical (unpaired) electrons. The lowest BCUT2D eigenvalue weighted by Crippen LogP contribution is -1.94. The number of hydrogen-bond donors (Lipinski definition) is 0. The smallest absolute Gasteiger partial charge is 0.217 e. The maximum absolute atomic E-state index is 5.01. The van der Waals surface area contributed by atoms with Gasteiger partial charge in [-0.2, -0.15) is 4.98 Å². The predicted octanol–water partition coefficient (Wildman–Crippen LogP) is 1.37. The second kappa shape index (κ2) is 4.31. The van der Waals surface area contributed by atoms with Crippen LogP contribution in [0.4, 0.5) is 0 Å². The van der Waals surface area contributed by atoms with Gasteiger partial charge in [-0.25, -0.2) is 9.97 Å². The third-order valence-corrected chi connectivity index (χ3v) is 2.73. The number of methoxy groups -OCH3 is 1. The van der Waals surface area contributed by atoms with Crippen LogP contribution in [0, 0.1) is 0 Å². The quantitative estimate of drug-likeness (QED) is 0.734. The lowest BCUT2D eigenvalue weighted by Gasteiger charge is -2.01. The van der Waals surface area contributed by atoms with Gasteiger partial charge in [0.2, 0.25) is 5.88 Å². The molecule has 78 valence electrons. The summed E-state index contributed by atoms with van der Waals surface area (Å²) in [4.78, 5) is 12.5. The summed E-state index contributed by atoms with van der Waals surface area (Å²) >= 11 is 1.40. The third-order valence-electron chi connectivity index (χ3n) is 1.78. The first-order valence-electron chi connectivity index (χ1n) is 4.32. The zero-order valence-corrected chi connectivity index (χ0v) is 9.23. The van der Waals surface area contributed by atoms with Gasteiger partial charge in [-0.1, -0.05) is 0 Å². The topological polar surface area (TPSA) is 52.8 Å². The number of ether oxygens (including phenoxy) is 1. The van der Waals surface area contributed by atoms with Gasteiger partial charge in [0.25, 0.3) is 0 Å². The van der Waals surface area contributed by atoms with E-state index in [-0.39, 0.29) is 0 Å². The van der Waals surface area contributed by atoms with E-state index < -0.39 is 0 Å². The molecule has 0 saturated heterocycles. The maximum atomic E-state index is 5.01. The molecule has 2 rings (SSSR count). The van der Waals surface area contributed by atoms with E-state index in [0.29, 0.717) is 11.0 Å². The fraction of sp³-hybridized carbons (Fsp3) is 0.222.